The van der Waals surface area contributed by atoms with E-state index in [0.717, 1.165) is 11.1 Å². The zero-order valence-corrected chi connectivity index (χ0v) is 11.0. The summed E-state index contributed by atoms with van der Waals surface area (Å²) in [6.45, 7) is 0. The van der Waals surface area contributed by atoms with Gasteiger partial charge in [0.05, 0.1) is 6.21 Å². The Morgan fingerprint density at radius 3 is 2.30 bits per heavy atom. The molecule has 20 heavy (non-hydrogen) atoms. The molecule has 0 heterocycles. The van der Waals surface area contributed by atoms with E-state index in [1.54, 1.807) is 6.21 Å². The Hall–Kier alpha value is -2.61. The number of hydrogen-bond acceptors (Lipinski definition) is 2. The van der Waals surface area contributed by atoms with Crippen molar-refractivity contribution in [3.05, 3.63) is 83.9 Å². The van der Waals surface area contributed by atoms with Crippen molar-refractivity contribution in [2.45, 2.75) is 5.92 Å². The maximum Gasteiger partial charge on any atom is 0.0555 e. The van der Waals surface area contributed by atoms with Crippen molar-refractivity contribution >= 4 is 17.0 Å². The van der Waals surface area contributed by atoms with E-state index in [1.165, 1.54) is 10.8 Å². The summed E-state index contributed by atoms with van der Waals surface area (Å²) in [6, 6.07) is 24.6. The molecule has 0 bridgehead atoms. The first-order valence-electron chi connectivity index (χ1n) is 6.60. The first-order chi connectivity index (χ1) is 9.90. The number of fused-ring (bicyclic) bond motifs is 1. The molecule has 0 saturated heterocycles. The second kappa shape index (κ2) is 5.57. The molecule has 0 fully saturated rings. The first-order valence-corrected chi connectivity index (χ1v) is 6.60. The summed E-state index contributed by atoms with van der Waals surface area (Å²) in [5, 5.41) is 14.6. The molecule has 0 radical (unpaired) electrons. The number of rotatable bonds is 3. The number of nitrogens with zero attached hydrogens (tertiary/aromatic N) is 1. The molecule has 1 unspecified atom stereocenters. The Kier molecular flexibility index (Phi) is 3.46. The SMILES string of the molecule is O/N=C/C(c1ccccc1)c1cccc2ccccc12. The van der Waals surface area contributed by atoms with E-state index >= 15 is 0 Å². The van der Waals surface area contributed by atoms with Gasteiger partial charge in [-0.25, -0.2) is 0 Å². The third-order valence-corrected chi connectivity index (χ3v) is 3.53. The van der Waals surface area contributed by atoms with Crippen LogP contribution >= 0.6 is 0 Å². The molecule has 3 aromatic rings. The van der Waals surface area contributed by atoms with Crippen molar-refractivity contribution in [1.29, 1.82) is 0 Å². The summed E-state index contributed by atoms with van der Waals surface area (Å²) < 4.78 is 0. The normalized spacial score (nSPS) is 12.8. The first kappa shape index (κ1) is 12.4. The fraction of sp³-hybridized carbons (Fsp3) is 0.0556. The van der Waals surface area contributed by atoms with E-state index in [9.17, 15) is 0 Å². The highest BCUT2D eigenvalue weighted by Gasteiger charge is 2.14. The van der Waals surface area contributed by atoms with Gasteiger partial charge in [-0.15, -0.1) is 5.16 Å². The monoisotopic (exact) mass is 261 g/mol. The lowest BCUT2D eigenvalue weighted by Gasteiger charge is -2.15. The number of benzene rings is 3. The van der Waals surface area contributed by atoms with Crippen LogP contribution in [0.3, 0.4) is 0 Å². The van der Waals surface area contributed by atoms with Crippen LogP contribution in [-0.4, -0.2) is 11.4 Å². The molecule has 0 aromatic heterocycles. The molecule has 0 saturated carbocycles. The summed E-state index contributed by atoms with van der Waals surface area (Å²) in [5.41, 5.74) is 2.26. The molecule has 2 heteroatoms. The molecule has 3 aromatic carbocycles. The highest BCUT2D eigenvalue weighted by Crippen LogP contribution is 2.29. The van der Waals surface area contributed by atoms with Crippen molar-refractivity contribution in [3.8, 4) is 0 Å². The highest BCUT2D eigenvalue weighted by molar-refractivity contribution is 5.90. The lowest BCUT2D eigenvalue weighted by molar-refractivity contribution is 0.320. The van der Waals surface area contributed by atoms with E-state index in [1.807, 2.05) is 48.5 Å². The van der Waals surface area contributed by atoms with Crippen LogP contribution in [0, 0.1) is 0 Å². The predicted octanol–water partition coefficient (Wildman–Crippen LogP) is 4.43. The summed E-state index contributed by atoms with van der Waals surface area (Å²) >= 11 is 0. The zero-order chi connectivity index (χ0) is 13.8. The van der Waals surface area contributed by atoms with Gasteiger partial charge >= 0.3 is 0 Å². The van der Waals surface area contributed by atoms with E-state index in [4.69, 9.17) is 5.21 Å². The fourth-order valence-electron chi connectivity index (χ4n) is 2.59. The number of hydrogen-bond donors (Lipinski definition) is 1. The summed E-state index contributed by atoms with van der Waals surface area (Å²) in [4.78, 5) is 0. The topological polar surface area (TPSA) is 32.6 Å². The van der Waals surface area contributed by atoms with E-state index in [2.05, 4.69) is 29.4 Å². The lowest BCUT2D eigenvalue weighted by atomic mass is 9.89. The predicted molar refractivity (Wildman–Crippen MR) is 82.5 cm³/mol. The standard InChI is InChI=1S/C18H15NO/c20-19-13-18(15-7-2-1-3-8-15)17-12-6-10-14-9-4-5-11-16(14)17/h1-13,18,20H/b19-13+. The van der Waals surface area contributed by atoms with E-state index in [-0.39, 0.29) is 5.92 Å². The molecule has 0 aliphatic heterocycles. The van der Waals surface area contributed by atoms with Gasteiger partial charge in [0.2, 0.25) is 0 Å². The largest absolute Gasteiger partial charge is 0.411 e. The van der Waals surface area contributed by atoms with Gasteiger partial charge < -0.3 is 5.21 Å². The molecule has 98 valence electrons. The van der Waals surface area contributed by atoms with Gasteiger partial charge in [0.1, 0.15) is 0 Å². The lowest BCUT2D eigenvalue weighted by Crippen LogP contribution is -2.03. The average molecular weight is 261 g/mol. The quantitative estimate of drug-likeness (QED) is 0.422. The molecule has 0 aliphatic rings. The summed E-state index contributed by atoms with van der Waals surface area (Å²) in [6.07, 6.45) is 1.58. The van der Waals surface area contributed by atoms with E-state index in [0.29, 0.717) is 0 Å². The smallest absolute Gasteiger partial charge is 0.0555 e. The maximum absolute atomic E-state index is 9.00. The van der Waals surface area contributed by atoms with Crippen LogP contribution in [0.1, 0.15) is 17.0 Å². The Labute approximate surface area is 118 Å². The minimum Gasteiger partial charge on any atom is -0.411 e. The van der Waals surface area contributed by atoms with Crippen LogP contribution < -0.4 is 0 Å². The minimum absolute atomic E-state index is 0.0488. The van der Waals surface area contributed by atoms with Crippen LogP contribution in [0.15, 0.2) is 78.0 Å². The Balaban J connectivity index is 2.20. The van der Waals surface area contributed by atoms with Crippen LogP contribution in [0.5, 0.6) is 0 Å². The second-order valence-corrected chi connectivity index (χ2v) is 4.72. The third kappa shape index (κ3) is 2.28. The highest BCUT2D eigenvalue weighted by atomic mass is 16.4. The van der Waals surface area contributed by atoms with Gasteiger partial charge in [0.15, 0.2) is 0 Å². The third-order valence-electron chi connectivity index (χ3n) is 3.53. The molecular weight excluding hydrogens is 246 g/mol. The summed E-state index contributed by atoms with van der Waals surface area (Å²) in [7, 11) is 0. The fourth-order valence-corrected chi connectivity index (χ4v) is 2.59. The van der Waals surface area contributed by atoms with Gasteiger partial charge in [-0.05, 0) is 21.9 Å². The minimum atomic E-state index is -0.0488. The molecule has 0 amide bonds. The molecule has 0 spiro atoms. The van der Waals surface area contributed by atoms with Gasteiger partial charge in [-0.2, -0.15) is 0 Å². The van der Waals surface area contributed by atoms with E-state index < -0.39 is 0 Å². The van der Waals surface area contributed by atoms with Crippen molar-refractivity contribution < 1.29 is 5.21 Å². The van der Waals surface area contributed by atoms with Gasteiger partial charge in [0, 0.05) is 5.92 Å². The Morgan fingerprint density at radius 1 is 0.800 bits per heavy atom. The molecular formula is C18H15NO. The molecule has 0 aliphatic carbocycles. The van der Waals surface area contributed by atoms with Crippen molar-refractivity contribution in [2.24, 2.45) is 5.16 Å². The van der Waals surface area contributed by atoms with Crippen LogP contribution in [0.2, 0.25) is 0 Å². The maximum atomic E-state index is 9.00. The number of oxime groups is 1. The van der Waals surface area contributed by atoms with Gasteiger partial charge in [-0.3, -0.25) is 0 Å². The van der Waals surface area contributed by atoms with Crippen molar-refractivity contribution in [3.63, 3.8) is 0 Å². The molecule has 3 rings (SSSR count). The molecule has 2 nitrogen and oxygen atoms in total. The zero-order valence-electron chi connectivity index (χ0n) is 11.0. The average Bonchev–Trinajstić information content (AvgIpc) is 2.53. The van der Waals surface area contributed by atoms with Crippen LogP contribution in [0.25, 0.3) is 10.8 Å². The van der Waals surface area contributed by atoms with Gasteiger partial charge in [-0.1, -0.05) is 72.8 Å². The van der Waals surface area contributed by atoms with Crippen molar-refractivity contribution in [2.75, 3.05) is 0 Å². The van der Waals surface area contributed by atoms with Crippen LogP contribution in [0.4, 0.5) is 0 Å². The van der Waals surface area contributed by atoms with Crippen molar-refractivity contribution in [1.82, 2.24) is 0 Å². The Morgan fingerprint density at radius 2 is 1.50 bits per heavy atom. The molecule has 1 atom stereocenters. The summed E-state index contributed by atoms with van der Waals surface area (Å²) in [5.74, 6) is -0.0488. The van der Waals surface area contributed by atoms with Gasteiger partial charge in [0.25, 0.3) is 0 Å². The second-order valence-electron chi connectivity index (χ2n) is 4.72. The van der Waals surface area contributed by atoms with Crippen LogP contribution in [-0.2, 0) is 0 Å². The molecule has 1 N–H and O–H groups in total. The Bertz CT molecular complexity index is 729.